The van der Waals surface area contributed by atoms with Gasteiger partial charge in [-0.1, -0.05) is 18.2 Å². The lowest BCUT2D eigenvalue weighted by Crippen LogP contribution is -2.38. The highest BCUT2D eigenvalue weighted by atomic mass is 16.5. The molecule has 0 radical (unpaired) electrons. The minimum atomic E-state index is 0.200. The van der Waals surface area contributed by atoms with Crippen molar-refractivity contribution in [1.29, 1.82) is 0 Å². The van der Waals surface area contributed by atoms with Crippen LogP contribution in [0.25, 0.3) is 0 Å². The van der Waals surface area contributed by atoms with Gasteiger partial charge in [-0.3, -0.25) is 4.99 Å². The minimum Gasteiger partial charge on any atom is -0.493 e. The average Bonchev–Trinajstić information content (AvgIpc) is 3.01. The summed E-state index contributed by atoms with van der Waals surface area (Å²) in [7, 11) is 0. The lowest BCUT2D eigenvalue weighted by Gasteiger charge is -2.27. The first-order chi connectivity index (χ1) is 10.3. The normalized spacial score (nSPS) is 22.7. The highest BCUT2D eigenvalue weighted by Gasteiger charge is 2.21. The molecule has 21 heavy (non-hydrogen) atoms. The SMILES string of the molecule is NC(=NCCN1CCCC1)NC1CCOc2ccccc21. The van der Waals surface area contributed by atoms with Gasteiger partial charge in [0.05, 0.1) is 19.2 Å². The second kappa shape index (κ2) is 6.80. The van der Waals surface area contributed by atoms with E-state index in [1.807, 2.05) is 18.2 Å². The first-order valence-electron chi connectivity index (χ1n) is 7.83. The Morgan fingerprint density at radius 2 is 2.14 bits per heavy atom. The summed E-state index contributed by atoms with van der Waals surface area (Å²) < 4.78 is 5.66. The molecule has 3 rings (SSSR count). The summed E-state index contributed by atoms with van der Waals surface area (Å²) in [6, 6.07) is 8.32. The fourth-order valence-corrected chi connectivity index (χ4v) is 3.03. The van der Waals surface area contributed by atoms with Crippen molar-refractivity contribution in [2.24, 2.45) is 10.7 Å². The van der Waals surface area contributed by atoms with Crippen molar-refractivity contribution in [3.8, 4) is 5.75 Å². The average molecular weight is 288 g/mol. The summed E-state index contributed by atoms with van der Waals surface area (Å²) in [5, 5.41) is 3.33. The summed E-state index contributed by atoms with van der Waals surface area (Å²) in [6.45, 7) is 4.90. The molecular formula is C16H24N4O. The molecule has 1 atom stereocenters. The van der Waals surface area contributed by atoms with Crippen LogP contribution in [0.2, 0.25) is 0 Å². The Hall–Kier alpha value is -1.75. The molecule has 3 N–H and O–H groups in total. The molecule has 0 aromatic heterocycles. The van der Waals surface area contributed by atoms with Crippen molar-refractivity contribution in [3.05, 3.63) is 29.8 Å². The van der Waals surface area contributed by atoms with Gasteiger partial charge < -0.3 is 20.7 Å². The third-order valence-corrected chi connectivity index (χ3v) is 4.18. The summed E-state index contributed by atoms with van der Waals surface area (Å²) in [5.41, 5.74) is 7.19. The molecule has 2 aliphatic heterocycles. The first-order valence-corrected chi connectivity index (χ1v) is 7.83. The van der Waals surface area contributed by atoms with E-state index in [0.29, 0.717) is 5.96 Å². The number of likely N-dealkylation sites (tertiary alicyclic amines) is 1. The van der Waals surface area contributed by atoms with Crippen LogP contribution in [0.4, 0.5) is 0 Å². The Kier molecular flexibility index (Phi) is 4.60. The summed E-state index contributed by atoms with van der Waals surface area (Å²) >= 11 is 0. The third-order valence-electron chi connectivity index (χ3n) is 4.18. The Morgan fingerprint density at radius 1 is 1.33 bits per heavy atom. The number of hydrogen-bond acceptors (Lipinski definition) is 3. The molecule has 5 heteroatoms. The van der Waals surface area contributed by atoms with Gasteiger partial charge in [0, 0.05) is 18.5 Å². The maximum atomic E-state index is 6.03. The minimum absolute atomic E-state index is 0.200. The van der Waals surface area contributed by atoms with E-state index in [4.69, 9.17) is 10.5 Å². The van der Waals surface area contributed by atoms with Gasteiger partial charge in [-0.05, 0) is 32.0 Å². The third kappa shape index (κ3) is 3.67. The van der Waals surface area contributed by atoms with Gasteiger partial charge in [0.2, 0.25) is 0 Å². The van der Waals surface area contributed by atoms with E-state index >= 15 is 0 Å². The molecule has 1 unspecified atom stereocenters. The number of nitrogens with zero attached hydrogens (tertiary/aromatic N) is 2. The van der Waals surface area contributed by atoms with Gasteiger partial charge in [0.1, 0.15) is 5.75 Å². The van der Waals surface area contributed by atoms with E-state index in [1.165, 1.54) is 31.5 Å². The number of benzene rings is 1. The molecule has 0 saturated carbocycles. The molecule has 0 spiro atoms. The molecule has 114 valence electrons. The van der Waals surface area contributed by atoms with Crippen LogP contribution in [0.1, 0.15) is 30.9 Å². The smallest absolute Gasteiger partial charge is 0.189 e. The van der Waals surface area contributed by atoms with Gasteiger partial charge in [-0.2, -0.15) is 0 Å². The Labute approximate surface area is 126 Å². The molecule has 0 amide bonds. The molecule has 2 aliphatic rings. The Morgan fingerprint density at radius 3 is 3.00 bits per heavy atom. The van der Waals surface area contributed by atoms with Crippen LogP contribution in [0.3, 0.4) is 0 Å². The van der Waals surface area contributed by atoms with Gasteiger partial charge in [-0.25, -0.2) is 0 Å². The molecule has 1 saturated heterocycles. The number of ether oxygens (including phenoxy) is 1. The topological polar surface area (TPSA) is 62.9 Å². The van der Waals surface area contributed by atoms with Crippen molar-refractivity contribution >= 4 is 5.96 Å². The van der Waals surface area contributed by atoms with Crippen LogP contribution in [0, 0.1) is 0 Å². The Bertz CT molecular complexity index is 497. The van der Waals surface area contributed by atoms with Crippen LogP contribution >= 0.6 is 0 Å². The molecular weight excluding hydrogens is 264 g/mol. The van der Waals surface area contributed by atoms with Crippen LogP contribution in [-0.2, 0) is 0 Å². The summed E-state index contributed by atoms with van der Waals surface area (Å²) in [6.07, 6.45) is 3.55. The lowest BCUT2D eigenvalue weighted by molar-refractivity contribution is 0.262. The second-order valence-corrected chi connectivity index (χ2v) is 5.69. The maximum Gasteiger partial charge on any atom is 0.189 e. The van der Waals surface area contributed by atoms with Crippen LogP contribution < -0.4 is 15.8 Å². The fraction of sp³-hybridized carbons (Fsp3) is 0.562. The molecule has 0 bridgehead atoms. The van der Waals surface area contributed by atoms with Crippen molar-refractivity contribution in [2.75, 3.05) is 32.8 Å². The number of nitrogens with one attached hydrogen (secondary N) is 1. The standard InChI is InChI=1S/C16H24N4O/c17-16(18-8-11-20-9-3-4-10-20)19-14-7-12-21-15-6-2-1-5-13(14)15/h1-2,5-6,14H,3-4,7-12H2,(H3,17,18,19). The van der Waals surface area contributed by atoms with Crippen LogP contribution in [0.15, 0.2) is 29.3 Å². The zero-order valence-corrected chi connectivity index (χ0v) is 12.4. The molecule has 1 fully saturated rings. The molecule has 2 heterocycles. The van der Waals surface area contributed by atoms with E-state index in [-0.39, 0.29) is 6.04 Å². The largest absolute Gasteiger partial charge is 0.493 e. The van der Waals surface area contributed by atoms with Gasteiger partial charge in [-0.15, -0.1) is 0 Å². The van der Waals surface area contributed by atoms with Crippen molar-refractivity contribution in [2.45, 2.75) is 25.3 Å². The van der Waals surface area contributed by atoms with E-state index in [2.05, 4.69) is 21.3 Å². The number of hydrogen-bond donors (Lipinski definition) is 2. The molecule has 5 nitrogen and oxygen atoms in total. The predicted molar refractivity (Wildman–Crippen MR) is 84.6 cm³/mol. The van der Waals surface area contributed by atoms with E-state index in [9.17, 15) is 0 Å². The van der Waals surface area contributed by atoms with Crippen LogP contribution in [-0.4, -0.2) is 43.6 Å². The number of aliphatic imine (C=N–C) groups is 1. The maximum absolute atomic E-state index is 6.03. The molecule has 1 aromatic rings. The molecule has 1 aromatic carbocycles. The quantitative estimate of drug-likeness (QED) is 0.651. The number of rotatable bonds is 4. The van der Waals surface area contributed by atoms with Crippen LogP contribution in [0.5, 0.6) is 5.75 Å². The zero-order valence-electron chi connectivity index (χ0n) is 12.4. The highest BCUT2D eigenvalue weighted by Crippen LogP contribution is 2.31. The summed E-state index contributed by atoms with van der Waals surface area (Å²) in [5.74, 6) is 1.49. The zero-order chi connectivity index (χ0) is 14.5. The second-order valence-electron chi connectivity index (χ2n) is 5.69. The van der Waals surface area contributed by atoms with E-state index in [0.717, 1.165) is 31.9 Å². The van der Waals surface area contributed by atoms with Gasteiger partial charge in [0.15, 0.2) is 5.96 Å². The van der Waals surface area contributed by atoms with Crippen molar-refractivity contribution in [3.63, 3.8) is 0 Å². The Balaban J connectivity index is 1.53. The monoisotopic (exact) mass is 288 g/mol. The first kappa shape index (κ1) is 14.2. The number of fused-ring (bicyclic) bond motifs is 1. The number of guanidine groups is 1. The number of nitrogens with two attached hydrogens (primary N) is 1. The predicted octanol–water partition coefficient (Wildman–Crippen LogP) is 1.51. The highest BCUT2D eigenvalue weighted by molar-refractivity contribution is 5.78. The van der Waals surface area contributed by atoms with Gasteiger partial charge in [0.25, 0.3) is 0 Å². The van der Waals surface area contributed by atoms with Crippen molar-refractivity contribution < 1.29 is 4.74 Å². The van der Waals surface area contributed by atoms with Crippen molar-refractivity contribution in [1.82, 2.24) is 10.2 Å². The number of para-hydroxylation sites is 1. The molecule has 0 aliphatic carbocycles. The van der Waals surface area contributed by atoms with E-state index in [1.54, 1.807) is 0 Å². The fourth-order valence-electron chi connectivity index (χ4n) is 3.03. The summed E-state index contributed by atoms with van der Waals surface area (Å²) in [4.78, 5) is 6.90. The lowest BCUT2D eigenvalue weighted by atomic mass is 10.0. The van der Waals surface area contributed by atoms with Gasteiger partial charge >= 0.3 is 0 Å². The van der Waals surface area contributed by atoms with E-state index < -0.39 is 0 Å².